The van der Waals surface area contributed by atoms with Crippen LogP contribution in [0.4, 0.5) is 18.9 Å². The third-order valence-electron chi connectivity index (χ3n) is 2.56. The summed E-state index contributed by atoms with van der Waals surface area (Å²) >= 11 is 4.96. The van der Waals surface area contributed by atoms with Crippen molar-refractivity contribution in [2.24, 2.45) is 0 Å². The first-order valence-electron chi connectivity index (χ1n) is 6.47. The highest BCUT2D eigenvalue weighted by atomic mass is 32.1. The predicted molar refractivity (Wildman–Crippen MR) is 84.2 cm³/mol. The van der Waals surface area contributed by atoms with Crippen LogP contribution >= 0.6 is 12.2 Å². The van der Waals surface area contributed by atoms with Crippen LogP contribution in [-0.2, 0) is 0 Å². The second-order valence-electron chi connectivity index (χ2n) is 4.35. The first kappa shape index (κ1) is 17.5. The van der Waals surface area contributed by atoms with Gasteiger partial charge in [-0.05, 0) is 48.6 Å². The third kappa shape index (κ3) is 5.72. The molecule has 1 amide bonds. The molecule has 0 aliphatic carbocycles. The van der Waals surface area contributed by atoms with Crippen LogP contribution in [0.1, 0.15) is 10.4 Å². The van der Waals surface area contributed by atoms with E-state index < -0.39 is 12.3 Å². The van der Waals surface area contributed by atoms with Gasteiger partial charge in [-0.2, -0.15) is 0 Å². The molecule has 0 radical (unpaired) electrons. The zero-order chi connectivity index (χ0) is 17.6. The van der Waals surface area contributed by atoms with Crippen molar-refractivity contribution in [2.45, 2.75) is 6.36 Å². The van der Waals surface area contributed by atoms with Crippen LogP contribution < -0.4 is 20.9 Å². The lowest BCUT2D eigenvalue weighted by Crippen LogP contribution is -2.43. The Kier molecular flexibility index (Phi) is 5.53. The summed E-state index contributed by atoms with van der Waals surface area (Å²) in [5.41, 5.74) is 5.57. The quantitative estimate of drug-likeness (QED) is 0.580. The van der Waals surface area contributed by atoms with Crippen molar-refractivity contribution in [2.75, 3.05) is 5.32 Å². The lowest BCUT2D eigenvalue weighted by atomic mass is 10.3. The molecule has 2 aromatic rings. The number of hydrogen-bond donors (Lipinski definition) is 3. The van der Waals surface area contributed by atoms with Crippen LogP contribution in [0.25, 0.3) is 0 Å². The zero-order valence-corrected chi connectivity index (χ0v) is 12.7. The molecule has 1 aromatic heterocycles. The van der Waals surface area contributed by atoms with E-state index in [0.29, 0.717) is 11.3 Å². The van der Waals surface area contributed by atoms with E-state index in [0.717, 1.165) is 12.1 Å². The number of nitrogens with zero attached hydrogens (tertiary/aromatic N) is 1. The van der Waals surface area contributed by atoms with Crippen molar-refractivity contribution in [3.8, 4) is 5.75 Å². The van der Waals surface area contributed by atoms with E-state index >= 15 is 0 Å². The van der Waals surface area contributed by atoms with Gasteiger partial charge in [0.1, 0.15) is 5.75 Å². The van der Waals surface area contributed by atoms with Gasteiger partial charge in [-0.15, -0.1) is 13.2 Å². The topological polar surface area (TPSA) is 75.3 Å². The van der Waals surface area contributed by atoms with Crippen LogP contribution in [0.2, 0.25) is 0 Å². The Bertz CT molecular complexity index is 708. The average Bonchev–Trinajstić information content (AvgIpc) is 2.54. The van der Waals surface area contributed by atoms with Crippen molar-refractivity contribution in [1.82, 2.24) is 15.8 Å². The highest BCUT2D eigenvalue weighted by Crippen LogP contribution is 2.23. The van der Waals surface area contributed by atoms with Crippen LogP contribution in [0.3, 0.4) is 0 Å². The minimum absolute atomic E-state index is 0.0525. The summed E-state index contributed by atoms with van der Waals surface area (Å²) in [7, 11) is 0. The molecule has 24 heavy (non-hydrogen) atoms. The maximum atomic E-state index is 12.1. The number of pyridine rings is 1. The number of amides is 1. The van der Waals surface area contributed by atoms with Gasteiger partial charge in [0.05, 0.1) is 5.56 Å². The van der Waals surface area contributed by atoms with Crippen molar-refractivity contribution < 1.29 is 22.7 Å². The lowest BCUT2D eigenvalue weighted by molar-refractivity contribution is -0.274. The number of carbonyl (C=O) groups is 1. The number of rotatable bonds is 3. The summed E-state index contributed by atoms with van der Waals surface area (Å²) in [6.45, 7) is 0. The first-order valence-corrected chi connectivity index (χ1v) is 6.87. The number of alkyl halides is 3. The fourth-order valence-corrected chi connectivity index (χ4v) is 1.75. The fourth-order valence-electron chi connectivity index (χ4n) is 1.59. The maximum absolute atomic E-state index is 12.1. The van der Waals surface area contributed by atoms with Gasteiger partial charge < -0.3 is 10.1 Å². The highest BCUT2D eigenvalue weighted by Gasteiger charge is 2.30. The molecule has 3 N–H and O–H groups in total. The molecule has 2 rings (SSSR count). The molecule has 0 aliphatic heterocycles. The second-order valence-corrected chi connectivity index (χ2v) is 4.76. The van der Waals surface area contributed by atoms with E-state index in [9.17, 15) is 18.0 Å². The summed E-state index contributed by atoms with van der Waals surface area (Å²) in [5, 5.41) is 2.74. The van der Waals surface area contributed by atoms with E-state index in [1.54, 1.807) is 12.1 Å². The SMILES string of the molecule is O=C(NNC(=S)Nc1ccc(OC(F)(F)F)cc1)c1cccnc1. The number of hydrogen-bond acceptors (Lipinski definition) is 4. The summed E-state index contributed by atoms with van der Waals surface area (Å²) < 4.78 is 39.9. The number of halogens is 3. The minimum Gasteiger partial charge on any atom is -0.406 e. The van der Waals surface area contributed by atoms with Crippen molar-refractivity contribution in [1.29, 1.82) is 0 Å². The number of hydrazine groups is 1. The van der Waals surface area contributed by atoms with Gasteiger partial charge in [-0.25, -0.2) is 0 Å². The van der Waals surface area contributed by atoms with Crippen LogP contribution in [0.5, 0.6) is 5.75 Å². The lowest BCUT2D eigenvalue weighted by Gasteiger charge is -2.12. The normalized spacial score (nSPS) is 10.6. The van der Waals surface area contributed by atoms with Crippen LogP contribution in [-0.4, -0.2) is 22.4 Å². The predicted octanol–water partition coefficient (Wildman–Crippen LogP) is 2.61. The van der Waals surface area contributed by atoms with E-state index in [-0.39, 0.29) is 10.9 Å². The molecule has 10 heteroatoms. The second kappa shape index (κ2) is 7.59. The van der Waals surface area contributed by atoms with E-state index in [2.05, 4.69) is 25.9 Å². The Labute approximate surface area is 140 Å². The molecule has 126 valence electrons. The molecule has 0 atom stereocenters. The van der Waals surface area contributed by atoms with Gasteiger partial charge in [0.25, 0.3) is 5.91 Å². The monoisotopic (exact) mass is 356 g/mol. The van der Waals surface area contributed by atoms with Gasteiger partial charge in [0, 0.05) is 18.1 Å². The van der Waals surface area contributed by atoms with Crippen molar-refractivity contribution in [3.63, 3.8) is 0 Å². The molecule has 0 bridgehead atoms. The zero-order valence-electron chi connectivity index (χ0n) is 11.9. The summed E-state index contributed by atoms with van der Waals surface area (Å²) in [6, 6.07) is 8.13. The minimum atomic E-state index is -4.75. The molecule has 0 fully saturated rings. The number of carbonyl (C=O) groups excluding carboxylic acids is 1. The Morgan fingerprint density at radius 1 is 1.12 bits per heavy atom. The van der Waals surface area contributed by atoms with Gasteiger partial charge in [-0.3, -0.25) is 20.6 Å². The number of ether oxygens (including phenoxy) is 1. The van der Waals surface area contributed by atoms with E-state index in [4.69, 9.17) is 12.2 Å². The smallest absolute Gasteiger partial charge is 0.406 e. The summed E-state index contributed by atoms with van der Waals surface area (Å²) in [4.78, 5) is 15.6. The fraction of sp³-hybridized carbons (Fsp3) is 0.0714. The van der Waals surface area contributed by atoms with Gasteiger partial charge in [-0.1, -0.05) is 0 Å². The van der Waals surface area contributed by atoms with Gasteiger partial charge in [0.2, 0.25) is 0 Å². The highest BCUT2D eigenvalue weighted by molar-refractivity contribution is 7.80. The van der Waals surface area contributed by atoms with E-state index in [1.165, 1.54) is 24.5 Å². The number of aromatic nitrogens is 1. The molecule has 0 saturated heterocycles. The van der Waals surface area contributed by atoms with Gasteiger partial charge >= 0.3 is 6.36 Å². The van der Waals surface area contributed by atoms with Crippen molar-refractivity contribution in [3.05, 3.63) is 54.4 Å². The van der Waals surface area contributed by atoms with E-state index in [1.807, 2.05) is 0 Å². The third-order valence-corrected chi connectivity index (χ3v) is 2.76. The molecule has 0 spiro atoms. The number of nitrogens with one attached hydrogen (secondary N) is 3. The Morgan fingerprint density at radius 3 is 2.42 bits per heavy atom. The number of thiocarbonyl (C=S) groups is 1. The molecule has 1 aromatic carbocycles. The van der Waals surface area contributed by atoms with Crippen LogP contribution in [0, 0.1) is 0 Å². The average molecular weight is 356 g/mol. The number of benzene rings is 1. The first-order chi connectivity index (χ1) is 11.3. The number of anilines is 1. The molecule has 6 nitrogen and oxygen atoms in total. The summed E-state index contributed by atoms with van der Waals surface area (Å²) in [6.07, 6.45) is -1.84. The largest absolute Gasteiger partial charge is 0.573 e. The Hall–Kier alpha value is -2.88. The molecular weight excluding hydrogens is 345 g/mol. The summed E-state index contributed by atoms with van der Waals surface area (Å²) in [5.74, 6) is -0.794. The Morgan fingerprint density at radius 2 is 1.83 bits per heavy atom. The maximum Gasteiger partial charge on any atom is 0.573 e. The molecule has 0 aliphatic rings. The molecule has 1 heterocycles. The van der Waals surface area contributed by atoms with Crippen LogP contribution in [0.15, 0.2) is 48.8 Å². The Balaban J connectivity index is 1.83. The molecule has 0 unspecified atom stereocenters. The van der Waals surface area contributed by atoms with Gasteiger partial charge in [0.15, 0.2) is 5.11 Å². The standard InChI is InChI=1S/C14H11F3N4O2S/c15-14(16,17)23-11-5-3-10(4-6-11)19-13(24)21-20-12(22)9-2-1-7-18-8-9/h1-8H,(H,20,22)(H2,19,21,24). The molecule has 0 saturated carbocycles. The van der Waals surface area contributed by atoms with Crippen molar-refractivity contribution >= 4 is 28.9 Å². The molecular formula is C14H11F3N4O2S.